The lowest BCUT2D eigenvalue weighted by molar-refractivity contribution is 0.407. The number of hydrogen-bond donors (Lipinski definition) is 1. The Bertz CT molecular complexity index is 1000. The highest BCUT2D eigenvalue weighted by Crippen LogP contribution is 2.22. The molecule has 0 atom stereocenters. The number of hydrogen-bond acceptors (Lipinski definition) is 4. The summed E-state index contributed by atoms with van der Waals surface area (Å²) >= 11 is 0. The van der Waals surface area contributed by atoms with E-state index >= 15 is 0 Å². The van der Waals surface area contributed by atoms with Crippen LogP contribution in [0.5, 0.6) is 5.75 Å². The van der Waals surface area contributed by atoms with Crippen LogP contribution in [0.15, 0.2) is 48.7 Å². The maximum Gasteiger partial charge on any atom is 0.177 e. The number of para-hydroxylation sites is 1. The molecule has 120 valence electrons. The van der Waals surface area contributed by atoms with Crippen LogP contribution in [-0.4, -0.2) is 31.8 Å². The Hall–Kier alpha value is -3.15. The predicted molar refractivity (Wildman–Crippen MR) is 91.9 cm³/mol. The standard InChI is InChI=1S/C18H17N5O/c1-12-6-5-8-14(20-12)17-21-15-10-19-23(18(15)22-17)11-13-7-3-4-9-16(13)24-2/h3-10H,11H2,1-2H3,(H,21,22). The third-order valence-corrected chi connectivity index (χ3v) is 3.93. The minimum absolute atomic E-state index is 0.596. The van der Waals surface area contributed by atoms with Crippen molar-refractivity contribution >= 4 is 11.2 Å². The van der Waals surface area contributed by atoms with E-state index in [4.69, 9.17) is 4.74 Å². The summed E-state index contributed by atoms with van der Waals surface area (Å²) in [5, 5.41) is 4.43. The van der Waals surface area contributed by atoms with Crippen LogP contribution in [0, 0.1) is 6.92 Å². The first-order valence-corrected chi connectivity index (χ1v) is 7.72. The van der Waals surface area contributed by atoms with Crippen LogP contribution in [0.2, 0.25) is 0 Å². The number of rotatable bonds is 4. The van der Waals surface area contributed by atoms with Crippen molar-refractivity contribution in [2.45, 2.75) is 13.5 Å². The number of nitrogens with zero attached hydrogens (tertiary/aromatic N) is 4. The van der Waals surface area contributed by atoms with E-state index in [2.05, 4.69) is 20.1 Å². The lowest BCUT2D eigenvalue weighted by Crippen LogP contribution is -2.03. The number of H-pyrrole nitrogens is 1. The molecule has 3 aromatic heterocycles. The molecule has 1 aromatic carbocycles. The van der Waals surface area contributed by atoms with Crippen LogP contribution in [0.25, 0.3) is 22.7 Å². The van der Waals surface area contributed by atoms with Crippen molar-refractivity contribution in [3.8, 4) is 17.3 Å². The zero-order valence-electron chi connectivity index (χ0n) is 13.5. The first-order valence-electron chi connectivity index (χ1n) is 7.72. The Balaban J connectivity index is 1.72. The molecule has 0 spiro atoms. The smallest absolute Gasteiger partial charge is 0.177 e. The van der Waals surface area contributed by atoms with Crippen molar-refractivity contribution in [2.75, 3.05) is 7.11 Å². The molecular formula is C18H17N5O. The van der Waals surface area contributed by atoms with E-state index < -0.39 is 0 Å². The number of benzene rings is 1. The fourth-order valence-corrected chi connectivity index (χ4v) is 2.75. The lowest BCUT2D eigenvalue weighted by atomic mass is 10.2. The fraction of sp³-hybridized carbons (Fsp3) is 0.167. The number of imidazole rings is 1. The highest BCUT2D eigenvalue weighted by Gasteiger charge is 2.13. The number of fused-ring (bicyclic) bond motifs is 1. The van der Waals surface area contributed by atoms with Gasteiger partial charge in [0, 0.05) is 11.3 Å². The third kappa shape index (κ3) is 2.52. The van der Waals surface area contributed by atoms with E-state index in [1.807, 2.05) is 54.1 Å². The van der Waals surface area contributed by atoms with Gasteiger partial charge in [0.1, 0.15) is 17.0 Å². The molecule has 0 unspecified atom stereocenters. The molecule has 24 heavy (non-hydrogen) atoms. The van der Waals surface area contributed by atoms with Gasteiger partial charge in [-0.2, -0.15) is 5.10 Å². The fourth-order valence-electron chi connectivity index (χ4n) is 2.75. The zero-order chi connectivity index (χ0) is 16.5. The zero-order valence-corrected chi connectivity index (χ0v) is 13.5. The average molecular weight is 319 g/mol. The van der Waals surface area contributed by atoms with Crippen molar-refractivity contribution in [3.05, 3.63) is 59.9 Å². The number of nitrogens with one attached hydrogen (secondary N) is 1. The van der Waals surface area contributed by atoms with Crippen LogP contribution in [0.4, 0.5) is 0 Å². The molecule has 0 saturated carbocycles. The summed E-state index contributed by atoms with van der Waals surface area (Å²) in [7, 11) is 1.67. The van der Waals surface area contributed by atoms with Gasteiger partial charge in [-0.25, -0.2) is 14.6 Å². The Kier molecular flexibility index (Phi) is 3.49. The largest absolute Gasteiger partial charge is 0.496 e. The SMILES string of the molecule is COc1ccccc1Cn1ncc2[nH]c(-c3cccc(C)n3)nc21. The van der Waals surface area contributed by atoms with Gasteiger partial charge >= 0.3 is 0 Å². The molecule has 0 aliphatic rings. The van der Waals surface area contributed by atoms with E-state index in [-0.39, 0.29) is 0 Å². The van der Waals surface area contributed by atoms with Gasteiger partial charge in [0.25, 0.3) is 0 Å². The first-order chi connectivity index (χ1) is 11.7. The third-order valence-electron chi connectivity index (χ3n) is 3.93. The Morgan fingerprint density at radius 3 is 2.79 bits per heavy atom. The summed E-state index contributed by atoms with van der Waals surface area (Å²) in [5.74, 6) is 1.59. The summed E-state index contributed by atoms with van der Waals surface area (Å²) in [6, 6.07) is 13.8. The monoisotopic (exact) mass is 319 g/mol. The predicted octanol–water partition coefficient (Wildman–Crippen LogP) is 3.19. The van der Waals surface area contributed by atoms with Gasteiger partial charge in [0.2, 0.25) is 0 Å². The number of pyridine rings is 1. The van der Waals surface area contributed by atoms with Crippen molar-refractivity contribution in [1.82, 2.24) is 24.7 Å². The molecule has 6 nitrogen and oxygen atoms in total. The van der Waals surface area contributed by atoms with Gasteiger partial charge in [-0.05, 0) is 25.1 Å². The van der Waals surface area contributed by atoms with Crippen molar-refractivity contribution < 1.29 is 4.74 Å². The van der Waals surface area contributed by atoms with Gasteiger partial charge in [-0.1, -0.05) is 24.3 Å². The molecule has 4 rings (SSSR count). The maximum absolute atomic E-state index is 5.41. The van der Waals surface area contributed by atoms with E-state index in [1.54, 1.807) is 13.3 Å². The second-order valence-corrected chi connectivity index (χ2v) is 5.60. The number of aryl methyl sites for hydroxylation is 1. The number of methoxy groups -OCH3 is 1. The number of aromatic amines is 1. The molecule has 0 amide bonds. The summed E-state index contributed by atoms with van der Waals surface area (Å²) in [6.45, 7) is 2.56. The highest BCUT2D eigenvalue weighted by molar-refractivity contribution is 5.75. The Morgan fingerprint density at radius 1 is 1.08 bits per heavy atom. The summed E-state index contributed by atoms with van der Waals surface area (Å²) in [4.78, 5) is 12.5. The molecule has 0 aliphatic carbocycles. The van der Waals surface area contributed by atoms with Crippen LogP contribution in [0.1, 0.15) is 11.3 Å². The lowest BCUT2D eigenvalue weighted by Gasteiger charge is -2.08. The number of ether oxygens (including phenoxy) is 1. The minimum atomic E-state index is 0.596. The van der Waals surface area contributed by atoms with Crippen LogP contribution < -0.4 is 4.74 Å². The van der Waals surface area contributed by atoms with Crippen LogP contribution >= 0.6 is 0 Å². The van der Waals surface area contributed by atoms with E-state index in [0.29, 0.717) is 6.54 Å². The van der Waals surface area contributed by atoms with Gasteiger partial charge in [0.05, 0.1) is 19.9 Å². The molecule has 4 aromatic rings. The molecule has 1 N–H and O–H groups in total. The van der Waals surface area contributed by atoms with Crippen molar-refractivity contribution in [1.29, 1.82) is 0 Å². The normalized spacial score (nSPS) is 11.1. The molecule has 6 heteroatoms. The molecular weight excluding hydrogens is 302 g/mol. The van der Waals surface area contributed by atoms with Crippen LogP contribution in [-0.2, 0) is 6.54 Å². The van der Waals surface area contributed by atoms with Gasteiger partial charge in [-0.3, -0.25) is 0 Å². The molecule has 3 heterocycles. The maximum atomic E-state index is 5.41. The molecule has 0 bridgehead atoms. The average Bonchev–Trinajstić information content (AvgIpc) is 3.17. The van der Waals surface area contributed by atoms with Gasteiger partial charge in [-0.15, -0.1) is 0 Å². The first kappa shape index (κ1) is 14.4. The van der Waals surface area contributed by atoms with E-state index in [0.717, 1.165) is 39.7 Å². The molecule has 0 aliphatic heterocycles. The Labute approximate surface area is 139 Å². The molecule has 0 saturated heterocycles. The minimum Gasteiger partial charge on any atom is -0.496 e. The van der Waals surface area contributed by atoms with Crippen molar-refractivity contribution in [2.24, 2.45) is 0 Å². The summed E-state index contributed by atoms with van der Waals surface area (Å²) < 4.78 is 7.28. The summed E-state index contributed by atoms with van der Waals surface area (Å²) in [5.41, 5.74) is 4.55. The highest BCUT2D eigenvalue weighted by atomic mass is 16.5. The topological polar surface area (TPSA) is 68.6 Å². The van der Waals surface area contributed by atoms with Gasteiger partial charge < -0.3 is 9.72 Å². The molecule has 0 radical (unpaired) electrons. The summed E-state index contributed by atoms with van der Waals surface area (Å²) in [6.07, 6.45) is 1.79. The second-order valence-electron chi connectivity index (χ2n) is 5.60. The second kappa shape index (κ2) is 5.81. The van der Waals surface area contributed by atoms with E-state index in [9.17, 15) is 0 Å². The Morgan fingerprint density at radius 2 is 1.96 bits per heavy atom. The van der Waals surface area contributed by atoms with Crippen molar-refractivity contribution in [3.63, 3.8) is 0 Å². The number of aromatic nitrogens is 5. The molecule has 0 fully saturated rings. The van der Waals surface area contributed by atoms with E-state index in [1.165, 1.54) is 0 Å². The van der Waals surface area contributed by atoms with Crippen LogP contribution in [0.3, 0.4) is 0 Å². The van der Waals surface area contributed by atoms with Gasteiger partial charge in [0.15, 0.2) is 11.5 Å². The quantitative estimate of drug-likeness (QED) is 0.627.